The molecule has 1 saturated heterocycles. The number of nitro benzene ring substituents is 1. The number of likely N-dealkylation sites (tertiary alicyclic amines) is 1. The molecule has 1 aliphatic rings. The van der Waals surface area contributed by atoms with Gasteiger partial charge in [-0.3, -0.25) is 19.7 Å². The molecule has 7 nitrogen and oxygen atoms in total. The zero-order valence-electron chi connectivity index (χ0n) is 14.8. The van der Waals surface area contributed by atoms with Gasteiger partial charge in [0, 0.05) is 35.7 Å². The lowest BCUT2D eigenvalue weighted by Gasteiger charge is -2.26. The molecule has 0 spiro atoms. The number of nitrogens with one attached hydrogen (secondary N) is 1. The largest absolute Gasteiger partial charge is 0.346 e. The number of halogens is 1. The molecule has 2 atom stereocenters. The minimum Gasteiger partial charge on any atom is -0.346 e. The maximum absolute atomic E-state index is 12.6. The monoisotopic (exact) mass is 387 g/mol. The van der Waals surface area contributed by atoms with Gasteiger partial charge in [-0.1, -0.05) is 29.8 Å². The van der Waals surface area contributed by atoms with Crippen molar-refractivity contribution in [3.8, 4) is 0 Å². The summed E-state index contributed by atoms with van der Waals surface area (Å²) in [6, 6.07) is 10.6. The van der Waals surface area contributed by atoms with Crippen molar-refractivity contribution in [1.82, 2.24) is 10.2 Å². The van der Waals surface area contributed by atoms with Gasteiger partial charge in [0.15, 0.2) is 0 Å². The fraction of sp³-hybridized carbons (Fsp3) is 0.263. The van der Waals surface area contributed by atoms with Crippen LogP contribution in [0.1, 0.15) is 33.9 Å². The van der Waals surface area contributed by atoms with E-state index in [0.29, 0.717) is 10.6 Å². The summed E-state index contributed by atoms with van der Waals surface area (Å²) >= 11 is 5.93. The van der Waals surface area contributed by atoms with E-state index >= 15 is 0 Å². The molecule has 2 aromatic carbocycles. The van der Waals surface area contributed by atoms with Crippen molar-refractivity contribution in [2.24, 2.45) is 0 Å². The Hall–Kier alpha value is -2.93. The van der Waals surface area contributed by atoms with Gasteiger partial charge < -0.3 is 10.2 Å². The van der Waals surface area contributed by atoms with Crippen LogP contribution < -0.4 is 5.32 Å². The molecule has 0 radical (unpaired) electrons. The summed E-state index contributed by atoms with van der Waals surface area (Å²) in [6.07, 6.45) is 0.156. The fourth-order valence-corrected chi connectivity index (χ4v) is 3.44. The van der Waals surface area contributed by atoms with Crippen molar-refractivity contribution < 1.29 is 14.5 Å². The molecule has 1 aliphatic heterocycles. The van der Waals surface area contributed by atoms with Crippen LogP contribution in [0.5, 0.6) is 0 Å². The van der Waals surface area contributed by atoms with Crippen molar-refractivity contribution in [2.45, 2.75) is 25.4 Å². The summed E-state index contributed by atoms with van der Waals surface area (Å²) in [5.74, 6) is -0.541. The Bertz CT molecular complexity index is 914. The van der Waals surface area contributed by atoms with Gasteiger partial charge in [-0.25, -0.2) is 0 Å². The van der Waals surface area contributed by atoms with E-state index in [1.54, 1.807) is 31.0 Å². The van der Waals surface area contributed by atoms with Crippen LogP contribution in [0.2, 0.25) is 5.02 Å². The molecule has 140 valence electrons. The maximum atomic E-state index is 12.6. The third-order valence-corrected chi connectivity index (χ3v) is 5.03. The normalized spacial score (nSPS) is 19.2. The van der Waals surface area contributed by atoms with Gasteiger partial charge in [0.1, 0.15) is 0 Å². The lowest BCUT2D eigenvalue weighted by Crippen LogP contribution is -2.39. The van der Waals surface area contributed by atoms with Crippen molar-refractivity contribution in [1.29, 1.82) is 0 Å². The molecular weight excluding hydrogens is 370 g/mol. The smallest absolute Gasteiger partial charge is 0.273 e. The predicted molar refractivity (Wildman–Crippen MR) is 101 cm³/mol. The molecule has 3 rings (SSSR count). The SMILES string of the molecule is Cc1ccc(C(=O)N[C@H]2CC(=O)N(C)[C@H]2c2ccc(Cl)cc2)cc1[N+](=O)[O-]. The van der Waals surface area contributed by atoms with E-state index in [1.807, 2.05) is 12.1 Å². The van der Waals surface area contributed by atoms with Gasteiger partial charge in [0.05, 0.1) is 17.0 Å². The maximum Gasteiger partial charge on any atom is 0.273 e. The Morgan fingerprint density at radius 1 is 1.26 bits per heavy atom. The van der Waals surface area contributed by atoms with E-state index in [0.717, 1.165) is 5.56 Å². The van der Waals surface area contributed by atoms with E-state index in [9.17, 15) is 19.7 Å². The van der Waals surface area contributed by atoms with E-state index in [4.69, 9.17) is 11.6 Å². The van der Waals surface area contributed by atoms with Crippen LogP contribution in [-0.2, 0) is 4.79 Å². The summed E-state index contributed by atoms with van der Waals surface area (Å²) in [4.78, 5) is 37.0. The number of nitro groups is 1. The predicted octanol–water partition coefficient (Wildman–Crippen LogP) is 3.26. The van der Waals surface area contributed by atoms with E-state index in [1.165, 1.54) is 18.2 Å². The molecule has 1 heterocycles. The number of carbonyl (C=O) groups is 2. The molecule has 2 aromatic rings. The van der Waals surface area contributed by atoms with Crippen LogP contribution in [0, 0.1) is 17.0 Å². The minimum atomic E-state index is -0.518. The molecule has 0 aliphatic carbocycles. The third kappa shape index (κ3) is 3.78. The van der Waals surface area contributed by atoms with Gasteiger partial charge >= 0.3 is 0 Å². The second kappa shape index (κ2) is 7.36. The van der Waals surface area contributed by atoms with Crippen LogP contribution in [0.4, 0.5) is 5.69 Å². The highest BCUT2D eigenvalue weighted by molar-refractivity contribution is 6.30. The summed E-state index contributed by atoms with van der Waals surface area (Å²) in [5, 5.41) is 14.5. The Morgan fingerprint density at radius 3 is 2.56 bits per heavy atom. The molecular formula is C19H18ClN3O4. The van der Waals surface area contributed by atoms with Crippen molar-refractivity contribution >= 4 is 29.1 Å². The third-order valence-electron chi connectivity index (χ3n) is 4.78. The molecule has 8 heteroatoms. The van der Waals surface area contributed by atoms with E-state index in [-0.39, 0.29) is 29.6 Å². The quantitative estimate of drug-likeness (QED) is 0.643. The minimum absolute atomic E-state index is 0.0878. The van der Waals surface area contributed by atoms with Crippen molar-refractivity contribution in [2.75, 3.05) is 7.05 Å². The number of aryl methyl sites for hydroxylation is 1. The number of hydrogen-bond donors (Lipinski definition) is 1. The molecule has 0 unspecified atom stereocenters. The van der Waals surface area contributed by atoms with Crippen LogP contribution in [-0.4, -0.2) is 34.7 Å². The van der Waals surface area contributed by atoms with E-state index in [2.05, 4.69) is 5.32 Å². The average Bonchev–Trinajstić information content (AvgIpc) is 2.89. The highest BCUT2D eigenvalue weighted by atomic mass is 35.5. The van der Waals surface area contributed by atoms with Gasteiger partial charge in [0.25, 0.3) is 11.6 Å². The van der Waals surface area contributed by atoms with Crippen molar-refractivity contribution in [3.05, 3.63) is 74.3 Å². The number of hydrogen-bond acceptors (Lipinski definition) is 4. The topological polar surface area (TPSA) is 92.6 Å². The summed E-state index contributed by atoms with van der Waals surface area (Å²) < 4.78 is 0. The fourth-order valence-electron chi connectivity index (χ4n) is 3.31. The highest BCUT2D eigenvalue weighted by Crippen LogP contribution is 2.33. The summed E-state index contributed by atoms with van der Waals surface area (Å²) in [7, 11) is 1.69. The Labute approximate surface area is 161 Å². The van der Waals surface area contributed by atoms with Crippen LogP contribution >= 0.6 is 11.6 Å². The summed E-state index contributed by atoms with van der Waals surface area (Å²) in [5.41, 5.74) is 1.40. The van der Waals surface area contributed by atoms with Crippen LogP contribution in [0.3, 0.4) is 0 Å². The molecule has 1 fully saturated rings. The first-order chi connectivity index (χ1) is 12.8. The highest BCUT2D eigenvalue weighted by Gasteiger charge is 2.39. The van der Waals surface area contributed by atoms with Crippen LogP contribution in [0.25, 0.3) is 0 Å². The van der Waals surface area contributed by atoms with E-state index < -0.39 is 16.9 Å². The number of rotatable bonds is 4. The lowest BCUT2D eigenvalue weighted by molar-refractivity contribution is -0.385. The van der Waals surface area contributed by atoms with Gasteiger partial charge in [0.2, 0.25) is 5.91 Å². The van der Waals surface area contributed by atoms with Gasteiger partial charge in [-0.2, -0.15) is 0 Å². The summed E-state index contributed by atoms with van der Waals surface area (Å²) in [6.45, 7) is 1.61. The molecule has 0 saturated carbocycles. The molecule has 27 heavy (non-hydrogen) atoms. The molecule has 0 aromatic heterocycles. The second-order valence-electron chi connectivity index (χ2n) is 6.54. The zero-order chi connectivity index (χ0) is 19.7. The number of likely N-dealkylation sites (N-methyl/N-ethyl adjacent to an activating group) is 1. The van der Waals surface area contributed by atoms with Gasteiger partial charge in [-0.05, 0) is 30.7 Å². The molecule has 0 bridgehead atoms. The molecule has 1 N–H and O–H groups in total. The Balaban J connectivity index is 1.85. The first-order valence-corrected chi connectivity index (χ1v) is 8.72. The molecule has 2 amide bonds. The Kier molecular flexibility index (Phi) is 5.14. The number of amides is 2. The number of nitrogens with zero attached hydrogens (tertiary/aromatic N) is 2. The standard InChI is InChI=1S/C19H18ClN3O4/c1-11-3-4-13(9-16(11)23(26)27)19(25)21-15-10-17(24)22(2)18(15)12-5-7-14(20)8-6-12/h3-9,15,18H,10H2,1-2H3,(H,21,25)/t15-,18-/m0/s1. The average molecular weight is 388 g/mol. The zero-order valence-corrected chi connectivity index (χ0v) is 15.6. The first kappa shape index (κ1) is 18.8. The van der Waals surface area contributed by atoms with Gasteiger partial charge in [-0.15, -0.1) is 0 Å². The number of carbonyl (C=O) groups excluding carboxylic acids is 2. The lowest BCUT2D eigenvalue weighted by atomic mass is 9.99. The van der Waals surface area contributed by atoms with Crippen molar-refractivity contribution in [3.63, 3.8) is 0 Å². The first-order valence-electron chi connectivity index (χ1n) is 8.35. The number of benzene rings is 2. The Morgan fingerprint density at radius 2 is 1.93 bits per heavy atom. The van der Waals surface area contributed by atoms with Crippen LogP contribution in [0.15, 0.2) is 42.5 Å². The second-order valence-corrected chi connectivity index (χ2v) is 6.98.